The second-order valence-electron chi connectivity index (χ2n) is 1.20. The van der Waals surface area contributed by atoms with E-state index in [0.717, 1.165) is 11.4 Å². The highest BCUT2D eigenvalue weighted by atomic mass is 32.1. The van der Waals surface area contributed by atoms with Gasteiger partial charge in [0.05, 0.1) is 0 Å². The van der Waals surface area contributed by atoms with Crippen molar-refractivity contribution >= 4 is 28.9 Å². The molecule has 0 spiro atoms. The Balaban J connectivity index is 2.62. The average Bonchev–Trinajstić information content (AvgIpc) is 2.19. The summed E-state index contributed by atoms with van der Waals surface area (Å²) in [6.45, 7) is 0. The predicted molar refractivity (Wildman–Crippen MR) is 37.3 cm³/mol. The van der Waals surface area contributed by atoms with Crippen molar-refractivity contribution in [1.82, 2.24) is 10.2 Å². The number of nitrogens with zero attached hydrogens (tertiary/aromatic N) is 2. The molecule has 1 aromatic heterocycles. The molecule has 4 heteroatoms. The first-order valence-corrected chi connectivity index (χ1v) is 3.47. The molecule has 0 atom stereocenters. The lowest BCUT2D eigenvalue weighted by Crippen LogP contribution is -1.80. The van der Waals surface area contributed by atoms with Crippen LogP contribution in [0.4, 0.5) is 0 Å². The lowest BCUT2D eigenvalue weighted by molar-refractivity contribution is 1.03. The lowest BCUT2D eigenvalue weighted by atomic mass is 10.5. The molecule has 0 aliphatic rings. The Bertz CT molecular complexity index is 159. The van der Waals surface area contributed by atoms with Gasteiger partial charge in [-0.2, -0.15) is 0 Å². The van der Waals surface area contributed by atoms with E-state index in [1.807, 2.05) is 0 Å². The molecule has 0 saturated carbocycles. The van der Waals surface area contributed by atoms with Crippen molar-refractivity contribution < 1.29 is 0 Å². The molecule has 0 aliphatic carbocycles. The van der Waals surface area contributed by atoms with Crippen LogP contribution in [0.5, 0.6) is 0 Å². The monoisotopic (exact) mass is 144 g/mol. The van der Waals surface area contributed by atoms with Gasteiger partial charge in [0.1, 0.15) is 10.5 Å². The quantitative estimate of drug-likeness (QED) is 0.581. The van der Waals surface area contributed by atoms with E-state index in [1.165, 1.54) is 11.3 Å². The van der Waals surface area contributed by atoms with Gasteiger partial charge in [0.15, 0.2) is 0 Å². The molecule has 0 bridgehead atoms. The van der Waals surface area contributed by atoms with Gasteiger partial charge < -0.3 is 0 Å². The van der Waals surface area contributed by atoms with E-state index in [2.05, 4.69) is 22.4 Å². The van der Waals surface area contributed by atoms with E-state index in [-0.39, 0.29) is 0 Å². The maximum atomic E-state index is 4.61. The van der Waals surface area contributed by atoms with Crippen LogP contribution in [-0.4, -0.2) is 15.6 Å². The summed E-state index contributed by atoms with van der Waals surface area (Å²) in [5.41, 5.74) is 1.70. The third-order valence-electron chi connectivity index (χ3n) is 0.663. The molecule has 1 aromatic rings. The van der Waals surface area contributed by atoms with Crippen LogP contribution in [0.1, 0.15) is 5.01 Å². The molecular weight excluding hydrogens is 140 g/mol. The van der Waals surface area contributed by atoms with Crippen molar-refractivity contribution in [1.29, 1.82) is 0 Å². The Kier molecular flexibility index (Phi) is 2.05. The van der Waals surface area contributed by atoms with Crippen molar-refractivity contribution in [2.75, 3.05) is 0 Å². The van der Waals surface area contributed by atoms with Crippen LogP contribution in [0.25, 0.3) is 0 Å². The molecule has 2 nitrogen and oxygen atoms in total. The zero-order chi connectivity index (χ0) is 5.82. The van der Waals surface area contributed by atoms with Crippen LogP contribution in [0.3, 0.4) is 0 Å². The summed E-state index contributed by atoms with van der Waals surface area (Å²) >= 11 is 6.14. The van der Waals surface area contributed by atoms with E-state index in [0.29, 0.717) is 0 Å². The van der Waals surface area contributed by atoms with Crippen molar-refractivity contribution in [3.8, 4) is 0 Å². The van der Waals surface area contributed by atoms with Gasteiger partial charge >= 0.3 is 0 Å². The van der Waals surface area contributed by atoms with Crippen molar-refractivity contribution in [2.45, 2.75) is 6.42 Å². The molecule has 1 heterocycles. The molecule has 0 aliphatic heterocycles. The Morgan fingerprint density at radius 3 is 3.25 bits per heavy atom. The minimum atomic E-state index is 0.764. The predicted octanol–water partition coefficient (Wildman–Crippen LogP) is 1.08. The van der Waals surface area contributed by atoms with Crippen LogP contribution >= 0.6 is 23.6 Å². The average molecular weight is 144 g/mol. The van der Waals surface area contributed by atoms with E-state index in [9.17, 15) is 0 Å². The summed E-state index contributed by atoms with van der Waals surface area (Å²) in [7, 11) is 0. The largest absolute Gasteiger partial charge is 0.147 e. The number of rotatable bonds is 2. The van der Waals surface area contributed by atoms with Gasteiger partial charge in [-0.15, -0.1) is 21.5 Å². The summed E-state index contributed by atoms with van der Waals surface area (Å²) in [5, 5.41) is 10.1. The molecule has 0 aromatic carbocycles. The molecular formula is C4H4N2S2. The molecule has 8 heavy (non-hydrogen) atoms. The zero-order valence-corrected chi connectivity index (χ0v) is 5.71. The van der Waals surface area contributed by atoms with Gasteiger partial charge in [-0.1, -0.05) is 12.2 Å². The Hall–Kier alpha value is -0.350. The van der Waals surface area contributed by atoms with Crippen LogP contribution in [0.2, 0.25) is 0 Å². The van der Waals surface area contributed by atoms with Gasteiger partial charge in [0.25, 0.3) is 0 Å². The van der Waals surface area contributed by atoms with Crippen LogP contribution in [0, 0.1) is 0 Å². The Morgan fingerprint density at radius 2 is 2.75 bits per heavy atom. The molecule has 0 unspecified atom stereocenters. The lowest BCUT2D eigenvalue weighted by Gasteiger charge is -1.76. The first-order chi connectivity index (χ1) is 3.93. The second-order valence-corrected chi connectivity index (χ2v) is 2.45. The highest BCUT2D eigenvalue weighted by molar-refractivity contribution is 7.79. The first-order valence-electron chi connectivity index (χ1n) is 2.12. The highest BCUT2D eigenvalue weighted by Crippen LogP contribution is 1.99. The molecule has 0 N–H and O–H groups in total. The minimum absolute atomic E-state index is 0.764. The second kappa shape index (κ2) is 2.84. The van der Waals surface area contributed by atoms with Gasteiger partial charge in [0.2, 0.25) is 0 Å². The van der Waals surface area contributed by atoms with Crippen LogP contribution in [-0.2, 0) is 6.42 Å². The normalized spacial score (nSPS) is 9.00. The van der Waals surface area contributed by atoms with Gasteiger partial charge in [-0.05, 0) is 5.37 Å². The Labute approximate surface area is 56.6 Å². The molecule has 0 radical (unpaired) electrons. The number of aromatic nitrogens is 2. The first kappa shape index (κ1) is 5.78. The fraction of sp³-hybridized carbons (Fsp3) is 0.250. The molecule has 0 saturated heterocycles. The number of hydrogen-bond acceptors (Lipinski definition) is 4. The summed E-state index contributed by atoms with van der Waals surface area (Å²) < 4.78 is 0. The maximum Gasteiger partial charge on any atom is 0.121 e. The molecule has 1 rings (SSSR count). The fourth-order valence-electron chi connectivity index (χ4n) is 0.356. The third kappa shape index (κ3) is 1.31. The number of thiocarbonyl (C=S) groups is 1. The van der Waals surface area contributed by atoms with E-state index in [4.69, 9.17) is 0 Å². The van der Waals surface area contributed by atoms with Gasteiger partial charge in [-0.3, -0.25) is 0 Å². The van der Waals surface area contributed by atoms with E-state index < -0.39 is 0 Å². The fourth-order valence-corrected chi connectivity index (χ4v) is 1.11. The molecule has 42 valence electrons. The Morgan fingerprint density at radius 1 is 1.88 bits per heavy atom. The third-order valence-corrected chi connectivity index (χ3v) is 1.55. The topological polar surface area (TPSA) is 25.8 Å². The zero-order valence-electron chi connectivity index (χ0n) is 4.07. The van der Waals surface area contributed by atoms with Gasteiger partial charge in [0, 0.05) is 6.42 Å². The maximum absolute atomic E-state index is 4.61. The smallest absolute Gasteiger partial charge is 0.121 e. The molecule has 0 amide bonds. The summed E-state index contributed by atoms with van der Waals surface area (Å²) in [4.78, 5) is 0. The SMILES string of the molecule is S=CCc1nncs1. The van der Waals surface area contributed by atoms with E-state index >= 15 is 0 Å². The summed E-state index contributed by atoms with van der Waals surface area (Å²) in [5.74, 6) is 0. The van der Waals surface area contributed by atoms with Crippen molar-refractivity contribution in [2.24, 2.45) is 0 Å². The van der Waals surface area contributed by atoms with Crippen molar-refractivity contribution in [3.63, 3.8) is 0 Å². The molecule has 0 fully saturated rings. The summed E-state index contributed by atoms with van der Waals surface area (Å²) in [6, 6.07) is 0. The minimum Gasteiger partial charge on any atom is -0.147 e. The standard InChI is InChI=1S/C4H4N2S2/c7-2-1-4-6-5-3-8-4/h2-3H,1H2. The van der Waals surface area contributed by atoms with Gasteiger partial charge in [-0.25, -0.2) is 0 Å². The summed E-state index contributed by atoms with van der Waals surface area (Å²) in [6.07, 6.45) is 0.764. The highest BCUT2D eigenvalue weighted by Gasteiger charge is 1.89. The van der Waals surface area contributed by atoms with Crippen molar-refractivity contribution in [3.05, 3.63) is 10.5 Å². The number of hydrogen-bond donors (Lipinski definition) is 0. The van der Waals surface area contributed by atoms with Crippen LogP contribution < -0.4 is 0 Å². The van der Waals surface area contributed by atoms with Crippen LogP contribution in [0.15, 0.2) is 5.51 Å². The van der Waals surface area contributed by atoms with E-state index in [1.54, 1.807) is 10.9 Å².